The summed E-state index contributed by atoms with van der Waals surface area (Å²) in [6.45, 7) is 3.79. The average Bonchev–Trinajstić information content (AvgIpc) is 2.50. The number of amides is 1. The molecule has 1 aromatic carbocycles. The van der Waals surface area contributed by atoms with Crippen molar-refractivity contribution in [1.82, 2.24) is 10.3 Å². The van der Waals surface area contributed by atoms with Crippen LogP contribution >= 0.6 is 0 Å². The molecule has 24 heavy (non-hydrogen) atoms. The summed E-state index contributed by atoms with van der Waals surface area (Å²) in [5.74, 6) is 0.207. The van der Waals surface area contributed by atoms with Crippen LogP contribution in [0.4, 0.5) is 13.2 Å². The van der Waals surface area contributed by atoms with Crippen LogP contribution in [0.2, 0.25) is 0 Å². The Labute approximate surface area is 137 Å². The number of nitrogens with zero attached hydrogens (tertiary/aromatic N) is 1. The average molecular weight is 338 g/mol. The summed E-state index contributed by atoms with van der Waals surface area (Å²) >= 11 is 0. The number of aromatic nitrogens is 1. The van der Waals surface area contributed by atoms with Gasteiger partial charge in [0.2, 0.25) is 0 Å². The number of halogens is 3. The fraction of sp³-hybridized carbons (Fsp3) is 0.294. The number of nitrogens with one attached hydrogen (secondary N) is 1. The van der Waals surface area contributed by atoms with E-state index in [2.05, 4.69) is 10.3 Å². The van der Waals surface area contributed by atoms with E-state index in [0.29, 0.717) is 5.75 Å². The number of carbonyl (C=O) groups excluding carboxylic acids is 1. The summed E-state index contributed by atoms with van der Waals surface area (Å²) in [7, 11) is 0. The van der Waals surface area contributed by atoms with E-state index in [-0.39, 0.29) is 24.4 Å². The van der Waals surface area contributed by atoms with Crippen LogP contribution in [0, 0.1) is 13.8 Å². The summed E-state index contributed by atoms with van der Waals surface area (Å²) in [6.07, 6.45) is -4.53. The molecule has 7 heteroatoms. The summed E-state index contributed by atoms with van der Waals surface area (Å²) in [5.41, 5.74) is 0.183. The highest BCUT2D eigenvalue weighted by Crippen LogP contribution is 2.28. The molecule has 0 radical (unpaired) electrons. The topological polar surface area (TPSA) is 51.2 Å². The second kappa shape index (κ2) is 7.33. The molecule has 1 heterocycles. The van der Waals surface area contributed by atoms with Crippen molar-refractivity contribution in [2.45, 2.75) is 20.0 Å². The minimum absolute atomic E-state index is 0.0296. The lowest BCUT2D eigenvalue weighted by atomic mass is 10.1. The molecule has 2 aromatic rings. The van der Waals surface area contributed by atoms with Gasteiger partial charge in [0.05, 0.1) is 17.8 Å². The number of carbonyl (C=O) groups is 1. The van der Waals surface area contributed by atoms with E-state index in [1.165, 1.54) is 6.92 Å². The van der Waals surface area contributed by atoms with Crippen molar-refractivity contribution in [3.05, 3.63) is 58.9 Å². The molecule has 1 N–H and O–H groups in total. The molecule has 4 nitrogen and oxygen atoms in total. The van der Waals surface area contributed by atoms with E-state index in [9.17, 15) is 18.0 Å². The Hall–Kier alpha value is -2.57. The standard InChI is InChI=1S/C17H17F3N2O2/c1-11-4-3-5-13(10-11)24-9-8-21-16(23)14-6-7-15(17(18,19)20)22-12(14)2/h3-7,10H,8-9H2,1-2H3,(H,21,23). The number of rotatable bonds is 5. The van der Waals surface area contributed by atoms with E-state index in [4.69, 9.17) is 4.74 Å². The number of alkyl halides is 3. The maximum atomic E-state index is 12.6. The molecular formula is C17H17F3N2O2. The Morgan fingerprint density at radius 2 is 1.96 bits per heavy atom. The summed E-state index contributed by atoms with van der Waals surface area (Å²) in [6, 6.07) is 9.40. The van der Waals surface area contributed by atoms with Crippen molar-refractivity contribution in [2.75, 3.05) is 13.2 Å². The molecule has 0 fully saturated rings. The predicted molar refractivity (Wildman–Crippen MR) is 83.0 cm³/mol. The van der Waals surface area contributed by atoms with Gasteiger partial charge in [0.25, 0.3) is 5.91 Å². The number of ether oxygens (including phenoxy) is 1. The first kappa shape index (κ1) is 17.8. The number of hydrogen-bond donors (Lipinski definition) is 1. The Morgan fingerprint density at radius 1 is 1.21 bits per heavy atom. The molecule has 0 spiro atoms. The maximum Gasteiger partial charge on any atom is 0.433 e. The fourth-order valence-electron chi connectivity index (χ4n) is 2.09. The first-order chi connectivity index (χ1) is 11.3. The fourth-order valence-corrected chi connectivity index (χ4v) is 2.09. The molecule has 0 unspecified atom stereocenters. The largest absolute Gasteiger partial charge is 0.492 e. The molecule has 2 rings (SSSR count). The SMILES string of the molecule is Cc1cccc(OCCNC(=O)c2ccc(C(F)(F)F)nc2C)c1. The van der Waals surface area contributed by atoms with Crippen LogP contribution in [-0.4, -0.2) is 24.0 Å². The molecule has 0 saturated heterocycles. The Kier molecular flexibility index (Phi) is 5.43. The lowest BCUT2D eigenvalue weighted by molar-refractivity contribution is -0.141. The van der Waals surface area contributed by atoms with Crippen molar-refractivity contribution in [3.63, 3.8) is 0 Å². The zero-order valence-electron chi connectivity index (χ0n) is 13.3. The van der Waals surface area contributed by atoms with Crippen LogP contribution < -0.4 is 10.1 Å². The Morgan fingerprint density at radius 3 is 2.58 bits per heavy atom. The van der Waals surface area contributed by atoms with E-state index < -0.39 is 17.8 Å². The summed E-state index contributed by atoms with van der Waals surface area (Å²) in [4.78, 5) is 15.4. The lowest BCUT2D eigenvalue weighted by Crippen LogP contribution is -2.29. The van der Waals surface area contributed by atoms with Crippen LogP contribution in [0.5, 0.6) is 5.75 Å². The van der Waals surface area contributed by atoms with Gasteiger partial charge in [0.1, 0.15) is 18.1 Å². The van der Waals surface area contributed by atoms with Crippen molar-refractivity contribution < 1.29 is 22.7 Å². The normalized spacial score (nSPS) is 11.2. The van der Waals surface area contributed by atoms with Gasteiger partial charge < -0.3 is 10.1 Å². The highest BCUT2D eigenvalue weighted by molar-refractivity contribution is 5.95. The van der Waals surface area contributed by atoms with E-state index in [1.54, 1.807) is 6.07 Å². The highest BCUT2D eigenvalue weighted by Gasteiger charge is 2.33. The first-order valence-electron chi connectivity index (χ1n) is 7.30. The van der Waals surface area contributed by atoms with Crippen molar-refractivity contribution >= 4 is 5.91 Å². The van der Waals surface area contributed by atoms with Gasteiger partial charge in [-0.3, -0.25) is 4.79 Å². The molecule has 0 aliphatic rings. The molecule has 0 aliphatic heterocycles. The Bertz CT molecular complexity index is 730. The number of aryl methyl sites for hydroxylation is 2. The molecule has 1 amide bonds. The van der Waals surface area contributed by atoms with Gasteiger partial charge in [-0.1, -0.05) is 12.1 Å². The van der Waals surface area contributed by atoms with Crippen LogP contribution in [0.1, 0.15) is 27.3 Å². The van der Waals surface area contributed by atoms with E-state index >= 15 is 0 Å². The predicted octanol–water partition coefficient (Wildman–Crippen LogP) is 3.53. The Balaban J connectivity index is 1.88. The highest BCUT2D eigenvalue weighted by atomic mass is 19.4. The van der Waals surface area contributed by atoms with Gasteiger partial charge in [-0.2, -0.15) is 13.2 Å². The number of hydrogen-bond acceptors (Lipinski definition) is 3. The minimum atomic E-state index is -4.53. The van der Waals surface area contributed by atoms with E-state index in [1.807, 2.05) is 25.1 Å². The van der Waals surface area contributed by atoms with Crippen molar-refractivity contribution in [2.24, 2.45) is 0 Å². The number of benzene rings is 1. The first-order valence-corrected chi connectivity index (χ1v) is 7.30. The van der Waals surface area contributed by atoms with Crippen LogP contribution in [-0.2, 0) is 6.18 Å². The zero-order valence-corrected chi connectivity index (χ0v) is 13.3. The lowest BCUT2D eigenvalue weighted by Gasteiger charge is -2.11. The second-order valence-electron chi connectivity index (χ2n) is 5.25. The van der Waals surface area contributed by atoms with Gasteiger partial charge in [-0.05, 0) is 43.7 Å². The number of pyridine rings is 1. The smallest absolute Gasteiger partial charge is 0.433 e. The molecule has 1 aromatic heterocycles. The quantitative estimate of drug-likeness (QED) is 0.849. The van der Waals surface area contributed by atoms with Crippen LogP contribution in [0.15, 0.2) is 36.4 Å². The van der Waals surface area contributed by atoms with Crippen LogP contribution in [0.3, 0.4) is 0 Å². The third-order valence-corrected chi connectivity index (χ3v) is 3.27. The molecular weight excluding hydrogens is 321 g/mol. The van der Waals surface area contributed by atoms with Gasteiger partial charge in [0.15, 0.2) is 0 Å². The van der Waals surface area contributed by atoms with Crippen molar-refractivity contribution in [3.8, 4) is 5.75 Å². The maximum absolute atomic E-state index is 12.6. The third kappa shape index (κ3) is 4.71. The molecule has 0 bridgehead atoms. The van der Waals surface area contributed by atoms with Gasteiger partial charge in [0, 0.05) is 0 Å². The van der Waals surface area contributed by atoms with Gasteiger partial charge in [-0.25, -0.2) is 4.98 Å². The molecule has 0 aliphatic carbocycles. The zero-order chi connectivity index (χ0) is 17.7. The van der Waals surface area contributed by atoms with Crippen LogP contribution in [0.25, 0.3) is 0 Å². The second-order valence-corrected chi connectivity index (χ2v) is 5.25. The minimum Gasteiger partial charge on any atom is -0.492 e. The third-order valence-electron chi connectivity index (χ3n) is 3.27. The van der Waals surface area contributed by atoms with Gasteiger partial charge in [-0.15, -0.1) is 0 Å². The van der Waals surface area contributed by atoms with Crippen molar-refractivity contribution in [1.29, 1.82) is 0 Å². The summed E-state index contributed by atoms with van der Waals surface area (Å²) < 4.78 is 43.2. The molecule has 0 atom stereocenters. The monoisotopic (exact) mass is 338 g/mol. The summed E-state index contributed by atoms with van der Waals surface area (Å²) in [5, 5.41) is 2.60. The van der Waals surface area contributed by atoms with Gasteiger partial charge >= 0.3 is 6.18 Å². The molecule has 128 valence electrons. The van der Waals surface area contributed by atoms with E-state index in [0.717, 1.165) is 17.7 Å². The molecule has 0 saturated carbocycles.